The van der Waals surface area contributed by atoms with E-state index in [0.29, 0.717) is 28.9 Å². The molecule has 1 fully saturated rings. The molecule has 1 aliphatic carbocycles. The summed E-state index contributed by atoms with van der Waals surface area (Å²) < 4.78 is 38.6. The van der Waals surface area contributed by atoms with E-state index in [1.165, 1.54) is 6.92 Å². The molecule has 0 N–H and O–H groups in total. The maximum atomic E-state index is 12.9. The molecule has 0 radical (unpaired) electrons. The lowest BCUT2D eigenvalue weighted by molar-refractivity contribution is -0.253. The zero-order valence-electron chi connectivity index (χ0n) is 10.00. The fourth-order valence-corrected chi connectivity index (χ4v) is 2.00. The Balaban J connectivity index is 2.24. The lowest BCUT2D eigenvalue weighted by Crippen LogP contribution is -2.39. The second kappa shape index (κ2) is 4.72. The molecule has 98 valence electrons. The second-order valence-electron chi connectivity index (χ2n) is 4.54. The largest absolute Gasteiger partial charge is 0.460 e. The average Bonchev–Trinajstić information content (AvgIpc) is 3.08. The standard InChI is InChI=1S/C13H14F3NO/c1-9(18)12-5-3-2-4-10(12)8-17(11-6-7-11)13(14,15)16/h2-5,11H,6-8H2,1H3. The fraction of sp³-hybridized carbons (Fsp3) is 0.462. The smallest absolute Gasteiger partial charge is 0.295 e. The number of alkyl halides is 3. The molecule has 0 heterocycles. The summed E-state index contributed by atoms with van der Waals surface area (Å²) in [5.41, 5.74) is 0.807. The van der Waals surface area contributed by atoms with Crippen LogP contribution in [-0.2, 0) is 6.54 Å². The van der Waals surface area contributed by atoms with Crippen LogP contribution in [-0.4, -0.2) is 23.0 Å². The number of rotatable bonds is 4. The monoisotopic (exact) mass is 257 g/mol. The molecule has 1 aliphatic rings. The van der Waals surface area contributed by atoms with E-state index < -0.39 is 12.3 Å². The summed E-state index contributed by atoms with van der Waals surface area (Å²) in [6.45, 7) is 1.12. The minimum Gasteiger partial charge on any atom is -0.295 e. The van der Waals surface area contributed by atoms with E-state index >= 15 is 0 Å². The van der Waals surface area contributed by atoms with Crippen molar-refractivity contribution < 1.29 is 18.0 Å². The quantitative estimate of drug-likeness (QED) is 0.609. The third kappa shape index (κ3) is 2.90. The van der Waals surface area contributed by atoms with E-state index in [4.69, 9.17) is 0 Å². The lowest BCUT2D eigenvalue weighted by atomic mass is 10.0. The van der Waals surface area contributed by atoms with Crippen molar-refractivity contribution in [2.45, 2.75) is 38.7 Å². The molecule has 18 heavy (non-hydrogen) atoms. The van der Waals surface area contributed by atoms with Gasteiger partial charge in [0, 0.05) is 18.2 Å². The summed E-state index contributed by atoms with van der Waals surface area (Å²) in [5.74, 6) is -0.205. The average molecular weight is 257 g/mol. The van der Waals surface area contributed by atoms with Crippen molar-refractivity contribution in [1.82, 2.24) is 4.90 Å². The molecule has 0 atom stereocenters. The second-order valence-corrected chi connectivity index (χ2v) is 4.54. The predicted molar refractivity (Wildman–Crippen MR) is 61.1 cm³/mol. The summed E-state index contributed by atoms with van der Waals surface area (Å²) >= 11 is 0. The van der Waals surface area contributed by atoms with Gasteiger partial charge in [0.25, 0.3) is 0 Å². The van der Waals surface area contributed by atoms with Crippen molar-refractivity contribution >= 4 is 5.78 Å². The summed E-state index contributed by atoms with van der Waals surface area (Å²) in [4.78, 5) is 11.9. The van der Waals surface area contributed by atoms with Gasteiger partial charge >= 0.3 is 6.30 Å². The van der Waals surface area contributed by atoms with E-state index in [9.17, 15) is 18.0 Å². The molecule has 1 saturated carbocycles. The van der Waals surface area contributed by atoms with Crippen LogP contribution in [0.3, 0.4) is 0 Å². The zero-order valence-corrected chi connectivity index (χ0v) is 10.00. The Hall–Kier alpha value is -1.36. The first-order valence-electron chi connectivity index (χ1n) is 5.82. The highest BCUT2D eigenvalue weighted by Crippen LogP contribution is 2.37. The number of benzene rings is 1. The number of Topliss-reactive ketones (excluding diaryl/α,β-unsaturated/α-hetero) is 1. The Kier molecular flexibility index (Phi) is 3.43. The Morgan fingerprint density at radius 2 is 1.94 bits per heavy atom. The highest BCUT2D eigenvalue weighted by atomic mass is 19.4. The molecule has 1 aromatic carbocycles. The third-order valence-corrected chi connectivity index (χ3v) is 3.05. The number of hydrogen-bond acceptors (Lipinski definition) is 2. The molecule has 1 aromatic rings. The first kappa shape index (κ1) is 13.1. The van der Waals surface area contributed by atoms with Gasteiger partial charge in [-0.2, -0.15) is 13.2 Å². The summed E-state index contributed by atoms with van der Waals surface area (Å²) in [6, 6.07) is 6.04. The predicted octanol–water partition coefficient (Wildman–Crippen LogP) is 3.37. The Labute approximate surface area is 103 Å². The zero-order chi connectivity index (χ0) is 13.3. The Morgan fingerprint density at radius 1 is 1.33 bits per heavy atom. The van der Waals surface area contributed by atoms with Gasteiger partial charge in [-0.25, -0.2) is 4.90 Å². The highest BCUT2D eigenvalue weighted by Gasteiger charge is 2.46. The SMILES string of the molecule is CC(=O)c1ccccc1CN(C1CC1)C(F)(F)F. The van der Waals surface area contributed by atoms with E-state index in [0.717, 1.165) is 0 Å². The number of ketones is 1. The molecule has 0 saturated heterocycles. The number of carbonyl (C=O) groups is 1. The fourth-order valence-electron chi connectivity index (χ4n) is 2.00. The number of nitrogens with zero attached hydrogens (tertiary/aromatic N) is 1. The maximum absolute atomic E-state index is 12.9. The highest BCUT2D eigenvalue weighted by molar-refractivity contribution is 5.95. The van der Waals surface area contributed by atoms with E-state index in [2.05, 4.69) is 0 Å². The minimum atomic E-state index is -4.34. The van der Waals surface area contributed by atoms with Gasteiger partial charge in [-0.15, -0.1) is 0 Å². The molecule has 2 nitrogen and oxygen atoms in total. The molecular formula is C13H14F3NO. The molecule has 2 rings (SSSR count). The molecule has 0 bridgehead atoms. The normalized spacial score (nSPS) is 16.1. The first-order chi connectivity index (χ1) is 8.39. The van der Waals surface area contributed by atoms with Crippen LogP contribution in [0.1, 0.15) is 35.7 Å². The van der Waals surface area contributed by atoms with Gasteiger partial charge in [-0.3, -0.25) is 4.79 Å². The Bertz CT molecular complexity index is 452. The van der Waals surface area contributed by atoms with Crippen molar-refractivity contribution in [3.05, 3.63) is 35.4 Å². The van der Waals surface area contributed by atoms with Crippen LogP contribution in [0.25, 0.3) is 0 Å². The van der Waals surface area contributed by atoms with E-state index in [1.807, 2.05) is 0 Å². The van der Waals surface area contributed by atoms with Crippen molar-refractivity contribution in [3.8, 4) is 0 Å². The minimum absolute atomic E-state index is 0.205. The number of hydrogen-bond donors (Lipinski definition) is 0. The van der Waals surface area contributed by atoms with Crippen LogP contribution in [0.5, 0.6) is 0 Å². The molecule has 5 heteroatoms. The van der Waals surface area contributed by atoms with E-state index in [-0.39, 0.29) is 12.3 Å². The number of carbonyl (C=O) groups excluding carboxylic acids is 1. The molecule has 0 aliphatic heterocycles. The lowest BCUT2D eigenvalue weighted by Gasteiger charge is -2.25. The van der Waals surface area contributed by atoms with Crippen molar-refractivity contribution in [3.63, 3.8) is 0 Å². The third-order valence-electron chi connectivity index (χ3n) is 3.05. The molecule has 0 amide bonds. The van der Waals surface area contributed by atoms with Gasteiger partial charge in [0.2, 0.25) is 0 Å². The van der Waals surface area contributed by atoms with Crippen LogP contribution < -0.4 is 0 Å². The summed E-state index contributed by atoms with van der Waals surface area (Å²) in [7, 11) is 0. The Morgan fingerprint density at radius 3 is 2.44 bits per heavy atom. The maximum Gasteiger partial charge on any atom is 0.460 e. The molecule has 0 unspecified atom stereocenters. The first-order valence-corrected chi connectivity index (χ1v) is 5.82. The molecule has 0 aromatic heterocycles. The number of halogens is 3. The summed E-state index contributed by atoms with van der Waals surface area (Å²) in [5, 5.41) is 0. The van der Waals surface area contributed by atoms with Gasteiger partial charge < -0.3 is 0 Å². The van der Waals surface area contributed by atoms with Gasteiger partial charge in [0.15, 0.2) is 5.78 Å². The van der Waals surface area contributed by atoms with Crippen LogP contribution in [0.2, 0.25) is 0 Å². The van der Waals surface area contributed by atoms with Gasteiger partial charge in [-0.05, 0) is 25.3 Å². The van der Waals surface area contributed by atoms with Gasteiger partial charge in [0.1, 0.15) is 0 Å². The van der Waals surface area contributed by atoms with Crippen molar-refractivity contribution in [1.29, 1.82) is 0 Å². The van der Waals surface area contributed by atoms with Crippen LogP contribution >= 0.6 is 0 Å². The van der Waals surface area contributed by atoms with Crippen molar-refractivity contribution in [2.75, 3.05) is 0 Å². The van der Waals surface area contributed by atoms with Crippen molar-refractivity contribution in [2.24, 2.45) is 0 Å². The topological polar surface area (TPSA) is 20.3 Å². The van der Waals surface area contributed by atoms with Crippen LogP contribution in [0.4, 0.5) is 13.2 Å². The molecular weight excluding hydrogens is 243 g/mol. The van der Waals surface area contributed by atoms with Crippen LogP contribution in [0.15, 0.2) is 24.3 Å². The molecule has 0 spiro atoms. The summed E-state index contributed by atoms with van der Waals surface area (Å²) in [6.07, 6.45) is -3.20. The van der Waals surface area contributed by atoms with Gasteiger partial charge in [0.05, 0.1) is 0 Å². The van der Waals surface area contributed by atoms with Crippen LogP contribution in [0, 0.1) is 0 Å². The van der Waals surface area contributed by atoms with E-state index in [1.54, 1.807) is 24.3 Å². The van der Waals surface area contributed by atoms with Gasteiger partial charge in [-0.1, -0.05) is 24.3 Å².